The van der Waals surface area contributed by atoms with Crippen molar-refractivity contribution >= 4 is 5.91 Å². The predicted octanol–water partition coefficient (Wildman–Crippen LogP) is 2.39. The SMILES string of the molecule is Cc1ccccc1[C@@H]1[C@@H]2CN(C(=O)CCc3c(C)nc(=O)[nH]c3C)C[C@@H]2CN1C. The highest BCUT2D eigenvalue weighted by Crippen LogP contribution is 2.44. The van der Waals surface area contributed by atoms with E-state index in [2.05, 4.69) is 58.0 Å². The molecular weight excluding hydrogens is 364 g/mol. The molecule has 0 spiro atoms. The van der Waals surface area contributed by atoms with Crippen molar-refractivity contribution in [2.75, 3.05) is 26.7 Å². The van der Waals surface area contributed by atoms with Crippen LogP contribution >= 0.6 is 0 Å². The van der Waals surface area contributed by atoms with Gasteiger partial charge in [0.2, 0.25) is 5.91 Å². The Morgan fingerprint density at radius 2 is 1.93 bits per heavy atom. The van der Waals surface area contributed by atoms with E-state index in [0.29, 0.717) is 30.7 Å². The Kier molecular flexibility index (Phi) is 5.30. The highest BCUT2D eigenvalue weighted by molar-refractivity contribution is 5.77. The van der Waals surface area contributed by atoms with Crippen molar-refractivity contribution in [3.05, 3.63) is 62.8 Å². The molecule has 2 aliphatic heterocycles. The summed E-state index contributed by atoms with van der Waals surface area (Å²) in [4.78, 5) is 35.7. The summed E-state index contributed by atoms with van der Waals surface area (Å²) >= 11 is 0. The zero-order chi connectivity index (χ0) is 20.7. The van der Waals surface area contributed by atoms with Gasteiger partial charge in [0.25, 0.3) is 0 Å². The number of rotatable bonds is 4. The number of fused-ring (bicyclic) bond motifs is 1. The van der Waals surface area contributed by atoms with Gasteiger partial charge < -0.3 is 9.88 Å². The van der Waals surface area contributed by atoms with Crippen LogP contribution in [0.1, 0.15) is 40.5 Å². The van der Waals surface area contributed by atoms with Crippen LogP contribution < -0.4 is 5.69 Å². The van der Waals surface area contributed by atoms with Gasteiger partial charge in [-0.05, 0) is 56.8 Å². The lowest BCUT2D eigenvalue weighted by atomic mass is 9.88. The summed E-state index contributed by atoms with van der Waals surface area (Å²) in [5, 5.41) is 0. The van der Waals surface area contributed by atoms with Crippen molar-refractivity contribution < 1.29 is 4.79 Å². The second-order valence-electron chi connectivity index (χ2n) is 8.69. The van der Waals surface area contributed by atoms with Crippen LogP contribution in [0.15, 0.2) is 29.1 Å². The van der Waals surface area contributed by atoms with Crippen molar-refractivity contribution in [3.8, 4) is 0 Å². The monoisotopic (exact) mass is 394 g/mol. The maximum Gasteiger partial charge on any atom is 0.345 e. The van der Waals surface area contributed by atoms with E-state index >= 15 is 0 Å². The second kappa shape index (κ2) is 7.75. The molecule has 2 aromatic rings. The highest BCUT2D eigenvalue weighted by atomic mass is 16.2. The van der Waals surface area contributed by atoms with E-state index in [1.165, 1.54) is 11.1 Å². The summed E-state index contributed by atoms with van der Waals surface area (Å²) in [5.74, 6) is 1.23. The third-order valence-electron chi connectivity index (χ3n) is 6.80. The quantitative estimate of drug-likeness (QED) is 0.865. The highest BCUT2D eigenvalue weighted by Gasteiger charge is 2.47. The second-order valence-corrected chi connectivity index (χ2v) is 8.69. The van der Waals surface area contributed by atoms with E-state index in [9.17, 15) is 9.59 Å². The molecule has 29 heavy (non-hydrogen) atoms. The minimum Gasteiger partial charge on any atom is -0.342 e. The number of nitrogens with zero attached hydrogens (tertiary/aromatic N) is 3. The fourth-order valence-corrected chi connectivity index (χ4v) is 5.36. The number of aryl methyl sites for hydroxylation is 3. The first-order valence-electron chi connectivity index (χ1n) is 10.4. The van der Waals surface area contributed by atoms with Crippen LogP contribution in [-0.2, 0) is 11.2 Å². The molecule has 0 radical (unpaired) electrons. The normalized spacial score (nSPS) is 24.1. The Labute approximate surface area is 172 Å². The molecule has 3 atom stereocenters. The van der Waals surface area contributed by atoms with Gasteiger partial charge in [-0.1, -0.05) is 24.3 Å². The number of aromatic amines is 1. The fraction of sp³-hybridized carbons (Fsp3) is 0.522. The maximum absolute atomic E-state index is 13.0. The van der Waals surface area contributed by atoms with Crippen molar-refractivity contribution in [1.29, 1.82) is 0 Å². The summed E-state index contributed by atoms with van der Waals surface area (Å²) in [7, 11) is 2.20. The number of amides is 1. The number of likely N-dealkylation sites (tertiary alicyclic amines) is 2. The number of carbonyl (C=O) groups excluding carboxylic acids is 1. The van der Waals surface area contributed by atoms with Gasteiger partial charge in [-0.3, -0.25) is 9.69 Å². The average Bonchev–Trinajstić information content (AvgIpc) is 3.18. The summed E-state index contributed by atoms with van der Waals surface area (Å²) < 4.78 is 0. The van der Waals surface area contributed by atoms with E-state index in [0.717, 1.165) is 36.6 Å². The van der Waals surface area contributed by atoms with E-state index < -0.39 is 0 Å². The van der Waals surface area contributed by atoms with Crippen LogP contribution in [0.4, 0.5) is 0 Å². The minimum atomic E-state index is -0.325. The Morgan fingerprint density at radius 1 is 1.17 bits per heavy atom. The first-order chi connectivity index (χ1) is 13.8. The van der Waals surface area contributed by atoms with Crippen LogP contribution in [0.5, 0.6) is 0 Å². The maximum atomic E-state index is 13.0. The van der Waals surface area contributed by atoms with Crippen LogP contribution in [0.2, 0.25) is 0 Å². The third kappa shape index (κ3) is 3.73. The molecule has 154 valence electrons. The standard InChI is InChI=1S/C23H30N4O2/c1-14-7-5-6-8-18(14)22-20-13-27(12-17(20)11-26(22)4)21(28)10-9-19-15(2)24-23(29)25-16(19)3/h5-8,17,20,22H,9-13H2,1-4H3,(H,24,25,29)/t17-,20+,22+/m0/s1. The Hall–Kier alpha value is -2.47. The van der Waals surface area contributed by atoms with Crippen LogP contribution in [-0.4, -0.2) is 52.4 Å². The topological polar surface area (TPSA) is 69.3 Å². The molecule has 2 aliphatic rings. The van der Waals surface area contributed by atoms with Gasteiger partial charge in [-0.15, -0.1) is 0 Å². The Balaban J connectivity index is 1.44. The lowest BCUT2D eigenvalue weighted by Crippen LogP contribution is -2.33. The molecule has 6 nitrogen and oxygen atoms in total. The van der Waals surface area contributed by atoms with Gasteiger partial charge in [0.1, 0.15) is 0 Å². The molecule has 2 saturated heterocycles. The predicted molar refractivity (Wildman–Crippen MR) is 113 cm³/mol. The molecule has 0 unspecified atom stereocenters. The molecule has 4 rings (SSSR count). The molecule has 3 heterocycles. The van der Waals surface area contributed by atoms with Crippen molar-refractivity contribution in [1.82, 2.24) is 19.8 Å². The van der Waals surface area contributed by atoms with E-state index in [-0.39, 0.29) is 11.6 Å². The fourth-order valence-electron chi connectivity index (χ4n) is 5.36. The number of carbonyl (C=O) groups is 1. The van der Waals surface area contributed by atoms with Crippen LogP contribution in [0.3, 0.4) is 0 Å². The molecule has 0 bridgehead atoms. The number of H-pyrrole nitrogens is 1. The van der Waals surface area contributed by atoms with Crippen molar-refractivity contribution in [2.24, 2.45) is 11.8 Å². The first kappa shape index (κ1) is 19.8. The number of hydrogen-bond donors (Lipinski definition) is 1. The molecule has 1 amide bonds. The summed E-state index contributed by atoms with van der Waals surface area (Å²) in [6, 6.07) is 9.00. The molecular formula is C23H30N4O2. The van der Waals surface area contributed by atoms with Crippen molar-refractivity contribution in [3.63, 3.8) is 0 Å². The van der Waals surface area contributed by atoms with Crippen LogP contribution in [0.25, 0.3) is 0 Å². The first-order valence-corrected chi connectivity index (χ1v) is 10.4. The number of nitrogens with one attached hydrogen (secondary N) is 1. The lowest BCUT2D eigenvalue weighted by molar-refractivity contribution is -0.130. The van der Waals surface area contributed by atoms with Gasteiger partial charge in [-0.2, -0.15) is 4.98 Å². The van der Waals surface area contributed by atoms with E-state index in [1.54, 1.807) is 0 Å². The van der Waals surface area contributed by atoms with Gasteiger partial charge in [-0.25, -0.2) is 4.79 Å². The minimum absolute atomic E-state index is 0.204. The molecule has 0 saturated carbocycles. The molecule has 1 aromatic heterocycles. The largest absolute Gasteiger partial charge is 0.345 e. The van der Waals surface area contributed by atoms with Gasteiger partial charge in [0.15, 0.2) is 0 Å². The summed E-state index contributed by atoms with van der Waals surface area (Å²) in [6.07, 6.45) is 1.08. The summed E-state index contributed by atoms with van der Waals surface area (Å²) in [6.45, 7) is 8.60. The molecule has 0 aliphatic carbocycles. The molecule has 2 fully saturated rings. The van der Waals surface area contributed by atoms with Crippen LogP contribution in [0, 0.1) is 32.6 Å². The summed E-state index contributed by atoms with van der Waals surface area (Å²) in [5.41, 5.74) is 4.91. The average molecular weight is 395 g/mol. The third-order valence-corrected chi connectivity index (χ3v) is 6.80. The smallest absolute Gasteiger partial charge is 0.342 e. The molecule has 1 N–H and O–H groups in total. The number of benzene rings is 1. The van der Waals surface area contributed by atoms with E-state index in [1.807, 2.05) is 13.8 Å². The zero-order valence-electron chi connectivity index (χ0n) is 17.7. The number of aromatic nitrogens is 2. The van der Waals surface area contributed by atoms with Gasteiger partial charge in [0, 0.05) is 49.4 Å². The van der Waals surface area contributed by atoms with Gasteiger partial charge in [0.05, 0.1) is 0 Å². The Morgan fingerprint density at radius 3 is 2.66 bits per heavy atom. The van der Waals surface area contributed by atoms with Gasteiger partial charge >= 0.3 is 5.69 Å². The number of hydrogen-bond acceptors (Lipinski definition) is 4. The van der Waals surface area contributed by atoms with E-state index in [4.69, 9.17) is 0 Å². The Bertz CT molecular complexity index is 957. The lowest BCUT2D eigenvalue weighted by Gasteiger charge is -2.28. The zero-order valence-corrected chi connectivity index (χ0v) is 17.7. The van der Waals surface area contributed by atoms with Crippen molar-refractivity contribution in [2.45, 2.75) is 39.7 Å². The molecule has 1 aromatic carbocycles. The molecule has 6 heteroatoms.